The molecule has 0 bridgehead atoms. The smallest absolute Gasteiger partial charge is 0.251 e. The van der Waals surface area contributed by atoms with Crippen LogP contribution in [0.4, 0.5) is 11.4 Å². The van der Waals surface area contributed by atoms with Crippen LogP contribution >= 0.6 is 0 Å². The predicted molar refractivity (Wildman–Crippen MR) is 120 cm³/mol. The zero-order chi connectivity index (χ0) is 22.1. The lowest BCUT2D eigenvalue weighted by atomic mass is 10.1. The molecule has 3 amide bonds. The molecule has 2 aromatic rings. The van der Waals surface area contributed by atoms with Crippen LogP contribution in [0.3, 0.4) is 0 Å². The molecule has 0 aromatic heterocycles. The summed E-state index contributed by atoms with van der Waals surface area (Å²) in [6.07, 6.45) is 1.16. The molecule has 0 atom stereocenters. The molecule has 7 heteroatoms. The van der Waals surface area contributed by atoms with Gasteiger partial charge in [-0.05, 0) is 62.2 Å². The van der Waals surface area contributed by atoms with E-state index in [1.165, 1.54) is 0 Å². The van der Waals surface area contributed by atoms with E-state index in [4.69, 9.17) is 0 Å². The largest absolute Gasteiger partial charge is 0.376 e. The van der Waals surface area contributed by atoms with Gasteiger partial charge in [-0.25, -0.2) is 0 Å². The summed E-state index contributed by atoms with van der Waals surface area (Å²) in [6.45, 7) is 3.92. The van der Waals surface area contributed by atoms with Crippen LogP contribution in [0, 0.1) is 0 Å². The van der Waals surface area contributed by atoms with E-state index in [1.807, 2.05) is 38.1 Å². The highest BCUT2D eigenvalue weighted by Crippen LogP contribution is 2.12. The van der Waals surface area contributed by atoms with Gasteiger partial charge >= 0.3 is 0 Å². The number of benzene rings is 2. The second kappa shape index (κ2) is 11.0. The Morgan fingerprint density at radius 3 is 2.07 bits per heavy atom. The quantitative estimate of drug-likeness (QED) is 0.593. The molecule has 0 unspecified atom stereocenters. The highest BCUT2D eigenvalue weighted by atomic mass is 16.2. The molecule has 160 valence electrons. The average Bonchev–Trinajstić information content (AvgIpc) is 2.71. The molecule has 7 nitrogen and oxygen atoms in total. The number of nitrogens with one attached hydrogen (secondary N) is 3. The Kier molecular flexibility index (Phi) is 8.41. The van der Waals surface area contributed by atoms with Gasteiger partial charge in [0.2, 0.25) is 11.8 Å². The van der Waals surface area contributed by atoms with Crippen molar-refractivity contribution in [3.63, 3.8) is 0 Å². The number of amides is 3. The van der Waals surface area contributed by atoms with Crippen LogP contribution in [-0.2, 0) is 16.0 Å². The zero-order valence-electron chi connectivity index (χ0n) is 18.0. The minimum atomic E-state index is -0.185. The highest BCUT2D eigenvalue weighted by molar-refractivity contribution is 5.96. The summed E-state index contributed by atoms with van der Waals surface area (Å²) in [5.41, 5.74) is 3.08. The van der Waals surface area contributed by atoms with Crippen molar-refractivity contribution in [1.29, 1.82) is 0 Å². The van der Waals surface area contributed by atoms with E-state index < -0.39 is 0 Å². The second-order valence-electron chi connectivity index (χ2n) is 7.59. The zero-order valence-corrected chi connectivity index (χ0v) is 18.0. The minimum Gasteiger partial charge on any atom is -0.376 e. The van der Waals surface area contributed by atoms with Crippen molar-refractivity contribution in [3.05, 3.63) is 59.7 Å². The highest BCUT2D eigenvalue weighted by Gasteiger charge is 2.08. The Bertz CT molecular complexity index is 859. The number of aryl methyl sites for hydroxylation is 1. The van der Waals surface area contributed by atoms with E-state index in [2.05, 4.69) is 16.0 Å². The molecule has 0 saturated carbocycles. The van der Waals surface area contributed by atoms with Gasteiger partial charge in [0, 0.05) is 43.5 Å². The first-order valence-corrected chi connectivity index (χ1v) is 9.98. The van der Waals surface area contributed by atoms with Crippen LogP contribution in [0.1, 0.15) is 36.2 Å². The van der Waals surface area contributed by atoms with Crippen molar-refractivity contribution in [2.45, 2.75) is 32.7 Å². The average molecular weight is 411 g/mol. The summed E-state index contributed by atoms with van der Waals surface area (Å²) in [6, 6.07) is 14.5. The van der Waals surface area contributed by atoms with Gasteiger partial charge in [-0.15, -0.1) is 0 Å². The molecule has 30 heavy (non-hydrogen) atoms. The van der Waals surface area contributed by atoms with Crippen molar-refractivity contribution in [3.8, 4) is 0 Å². The first-order chi connectivity index (χ1) is 14.2. The maximum absolute atomic E-state index is 12.2. The van der Waals surface area contributed by atoms with Crippen LogP contribution in [0.2, 0.25) is 0 Å². The van der Waals surface area contributed by atoms with Crippen molar-refractivity contribution >= 4 is 29.1 Å². The first-order valence-electron chi connectivity index (χ1n) is 9.98. The normalized spacial score (nSPS) is 10.4. The maximum atomic E-state index is 12.2. The summed E-state index contributed by atoms with van der Waals surface area (Å²) in [7, 11) is 3.50. The van der Waals surface area contributed by atoms with E-state index >= 15 is 0 Å². The Labute approximate surface area is 177 Å². The van der Waals surface area contributed by atoms with Gasteiger partial charge in [-0.1, -0.05) is 12.1 Å². The minimum absolute atomic E-state index is 0.0672. The fourth-order valence-corrected chi connectivity index (χ4v) is 2.70. The Hall–Kier alpha value is -3.35. The van der Waals surface area contributed by atoms with Crippen molar-refractivity contribution in [1.82, 2.24) is 10.2 Å². The topological polar surface area (TPSA) is 90.5 Å². The van der Waals surface area contributed by atoms with E-state index in [0.29, 0.717) is 24.1 Å². The molecule has 0 heterocycles. The molecule has 2 rings (SSSR count). The first kappa shape index (κ1) is 22.9. The van der Waals surface area contributed by atoms with Crippen molar-refractivity contribution < 1.29 is 14.4 Å². The molecule has 0 aliphatic rings. The lowest BCUT2D eigenvalue weighted by molar-refractivity contribution is -0.128. The number of carbonyl (C=O) groups excluding carboxylic acids is 3. The summed E-state index contributed by atoms with van der Waals surface area (Å²) in [5, 5.41) is 8.70. The van der Waals surface area contributed by atoms with Crippen molar-refractivity contribution in [2.75, 3.05) is 31.3 Å². The molecular formula is C23H30N4O3. The molecule has 2 aromatic carbocycles. The second-order valence-corrected chi connectivity index (χ2v) is 7.59. The van der Waals surface area contributed by atoms with Gasteiger partial charge < -0.3 is 20.9 Å². The van der Waals surface area contributed by atoms with E-state index in [0.717, 1.165) is 11.3 Å². The predicted octanol–water partition coefficient (Wildman–Crippen LogP) is 2.90. The third-order valence-electron chi connectivity index (χ3n) is 4.38. The van der Waals surface area contributed by atoms with Gasteiger partial charge in [0.25, 0.3) is 5.91 Å². The van der Waals surface area contributed by atoms with Gasteiger partial charge in [0.15, 0.2) is 0 Å². The molecule has 0 radical (unpaired) electrons. The lowest BCUT2D eigenvalue weighted by Crippen LogP contribution is -2.30. The Morgan fingerprint density at radius 1 is 0.900 bits per heavy atom. The molecule has 0 saturated heterocycles. The van der Waals surface area contributed by atoms with Crippen molar-refractivity contribution in [2.24, 2.45) is 0 Å². The lowest BCUT2D eigenvalue weighted by Gasteiger charge is -2.11. The Balaban J connectivity index is 1.79. The third-order valence-corrected chi connectivity index (χ3v) is 4.38. The fourth-order valence-electron chi connectivity index (χ4n) is 2.70. The van der Waals surface area contributed by atoms with E-state index in [9.17, 15) is 14.4 Å². The molecule has 3 N–H and O–H groups in total. The number of nitrogens with zero attached hydrogens (tertiary/aromatic N) is 1. The number of anilines is 2. The van der Waals surface area contributed by atoms with E-state index in [-0.39, 0.29) is 30.3 Å². The number of hydrogen-bond acceptors (Lipinski definition) is 4. The van der Waals surface area contributed by atoms with Crippen LogP contribution in [0.5, 0.6) is 0 Å². The van der Waals surface area contributed by atoms with Crippen LogP contribution in [0.25, 0.3) is 0 Å². The molecule has 0 aliphatic carbocycles. The molecule has 0 aliphatic heterocycles. The number of carbonyl (C=O) groups is 3. The van der Waals surface area contributed by atoms with Gasteiger partial charge in [0.1, 0.15) is 0 Å². The van der Waals surface area contributed by atoms with Crippen LogP contribution < -0.4 is 16.0 Å². The maximum Gasteiger partial charge on any atom is 0.251 e. The number of hydrogen-bond donors (Lipinski definition) is 3. The van der Waals surface area contributed by atoms with E-state index in [1.54, 1.807) is 43.3 Å². The summed E-state index contributed by atoms with van der Waals surface area (Å²) >= 11 is 0. The molecular weight excluding hydrogens is 380 g/mol. The van der Waals surface area contributed by atoms with Crippen LogP contribution in [0.15, 0.2) is 48.5 Å². The van der Waals surface area contributed by atoms with Crippen LogP contribution in [-0.4, -0.2) is 49.3 Å². The summed E-state index contributed by atoms with van der Waals surface area (Å²) in [5.74, 6) is -0.225. The standard InChI is InChI=1S/C23H30N4O3/c1-16(2)25-23(30)18-8-12-20(13-9-18)26-21(28)15-24-19-10-5-17(6-11-19)7-14-22(29)27(3)4/h5-6,8-13,16,24H,7,14-15H2,1-4H3,(H,25,30)(H,26,28). The third kappa shape index (κ3) is 7.58. The molecule has 0 spiro atoms. The summed E-state index contributed by atoms with van der Waals surface area (Å²) in [4.78, 5) is 37.4. The summed E-state index contributed by atoms with van der Waals surface area (Å²) < 4.78 is 0. The van der Waals surface area contributed by atoms with Gasteiger partial charge in [-0.3, -0.25) is 14.4 Å². The SMILES string of the molecule is CC(C)NC(=O)c1ccc(NC(=O)CNc2ccc(CCC(=O)N(C)C)cc2)cc1. The van der Waals surface area contributed by atoms with Gasteiger partial charge in [-0.2, -0.15) is 0 Å². The fraction of sp³-hybridized carbons (Fsp3) is 0.348. The monoisotopic (exact) mass is 410 g/mol. The van der Waals surface area contributed by atoms with Gasteiger partial charge in [0.05, 0.1) is 6.54 Å². The Morgan fingerprint density at radius 2 is 1.50 bits per heavy atom. The molecule has 0 fully saturated rings. The number of rotatable bonds is 9.